The molecule has 1 aliphatic rings. The summed E-state index contributed by atoms with van der Waals surface area (Å²) < 4.78 is 26.2. The van der Waals surface area contributed by atoms with Crippen LogP contribution in [-0.4, -0.2) is 22.5 Å². The van der Waals surface area contributed by atoms with Gasteiger partial charge in [-0.1, -0.05) is 12.1 Å². The van der Waals surface area contributed by atoms with Gasteiger partial charge >= 0.3 is 0 Å². The molecule has 19 heavy (non-hydrogen) atoms. The minimum atomic E-state index is -1.12. The quantitative estimate of drug-likeness (QED) is 0.866. The molecule has 0 aliphatic carbocycles. The van der Waals surface area contributed by atoms with E-state index in [0.717, 1.165) is 17.1 Å². The number of para-hydroxylation sites is 1. The molecule has 1 heterocycles. The number of fused-ring (bicyclic) bond motifs is 1. The van der Waals surface area contributed by atoms with Crippen molar-refractivity contribution in [3.8, 4) is 11.5 Å². The summed E-state index contributed by atoms with van der Waals surface area (Å²) in [6.07, 6.45) is 0. The summed E-state index contributed by atoms with van der Waals surface area (Å²) in [6.45, 7) is 8.96. The SMILES string of the molecule is C[C@@H](N[S+]([O-])C(C)(C)C)c1cccc2c1OCCO2. The molecule has 0 saturated heterocycles. The predicted octanol–water partition coefficient (Wildman–Crippen LogP) is 2.57. The summed E-state index contributed by atoms with van der Waals surface area (Å²) in [4.78, 5) is 0. The Bertz CT molecular complexity index is 445. The lowest BCUT2D eigenvalue weighted by Crippen LogP contribution is -2.40. The van der Waals surface area contributed by atoms with Gasteiger partial charge in [0, 0.05) is 16.9 Å². The van der Waals surface area contributed by atoms with E-state index in [2.05, 4.69) is 4.72 Å². The van der Waals surface area contributed by atoms with Gasteiger partial charge in [0.1, 0.15) is 18.0 Å². The first-order valence-corrected chi connectivity index (χ1v) is 7.61. The molecule has 1 aliphatic heterocycles. The molecule has 1 aromatic rings. The van der Waals surface area contributed by atoms with E-state index >= 15 is 0 Å². The molecule has 2 atom stereocenters. The molecular weight excluding hydrogens is 262 g/mol. The monoisotopic (exact) mass is 283 g/mol. The molecule has 106 valence electrons. The zero-order chi connectivity index (χ0) is 14.0. The van der Waals surface area contributed by atoms with Crippen molar-refractivity contribution in [3.05, 3.63) is 23.8 Å². The number of benzene rings is 1. The summed E-state index contributed by atoms with van der Waals surface area (Å²) >= 11 is -1.12. The summed E-state index contributed by atoms with van der Waals surface area (Å²) in [5.74, 6) is 1.53. The van der Waals surface area contributed by atoms with Crippen molar-refractivity contribution < 1.29 is 14.0 Å². The van der Waals surface area contributed by atoms with Crippen molar-refractivity contribution in [1.82, 2.24) is 4.72 Å². The lowest BCUT2D eigenvalue weighted by molar-refractivity contribution is 0.169. The maximum atomic E-state index is 12.1. The molecule has 0 spiro atoms. The molecule has 1 N–H and O–H groups in total. The van der Waals surface area contributed by atoms with Gasteiger partial charge < -0.3 is 14.0 Å². The van der Waals surface area contributed by atoms with Crippen LogP contribution in [0.3, 0.4) is 0 Å². The molecule has 1 unspecified atom stereocenters. The smallest absolute Gasteiger partial charge is 0.166 e. The van der Waals surface area contributed by atoms with Crippen LogP contribution >= 0.6 is 0 Å². The highest BCUT2D eigenvalue weighted by Gasteiger charge is 2.30. The van der Waals surface area contributed by atoms with Crippen molar-refractivity contribution >= 4 is 11.4 Å². The van der Waals surface area contributed by atoms with Crippen LogP contribution < -0.4 is 14.2 Å². The minimum Gasteiger partial charge on any atom is -0.598 e. The fourth-order valence-corrected chi connectivity index (χ4v) is 2.64. The van der Waals surface area contributed by atoms with Crippen molar-refractivity contribution in [2.24, 2.45) is 0 Å². The lowest BCUT2D eigenvalue weighted by atomic mass is 10.1. The van der Waals surface area contributed by atoms with Gasteiger partial charge in [-0.2, -0.15) is 0 Å². The standard InChI is InChI=1S/C14H21NO3S/c1-10(15-19(16)14(2,3)4)11-6-5-7-12-13(11)18-9-8-17-12/h5-7,10,15H,8-9H2,1-4H3/t10-,19?/m1/s1. The fraction of sp³-hybridized carbons (Fsp3) is 0.571. The van der Waals surface area contributed by atoms with Crippen molar-refractivity contribution in [2.75, 3.05) is 13.2 Å². The molecule has 0 saturated carbocycles. The van der Waals surface area contributed by atoms with Gasteiger partial charge in [0.2, 0.25) is 0 Å². The van der Waals surface area contributed by atoms with Crippen LogP contribution in [0.15, 0.2) is 18.2 Å². The van der Waals surface area contributed by atoms with Gasteiger partial charge in [0.25, 0.3) is 0 Å². The first kappa shape index (κ1) is 14.5. The van der Waals surface area contributed by atoms with Crippen LogP contribution in [0, 0.1) is 0 Å². The maximum absolute atomic E-state index is 12.1. The molecule has 0 amide bonds. The Morgan fingerprint density at radius 2 is 1.95 bits per heavy atom. The number of ether oxygens (including phenoxy) is 2. The van der Waals surface area contributed by atoms with E-state index in [1.165, 1.54) is 0 Å². The van der Waals surface area contributed by atoms with Crippen LogP contribution in [0.5, 0.6) is 11.5 Å². The highest BCUT2D eigenvalue weighted by atomic mass is 32.2. The second-order valence-electron chi connectivity index (χ2n) is 5.59. The minimum absolute atomic E-state index is 0.0586. The first-order chi connectivity index (χ1) is 8.89. The van der Waals surface area contributed by atoms with E-state index in [4.69, 9.17) is 9.47 Å². The lowest BCUT2D eigenvalue weighted by Gasteiger charge is -2.28. The van der Waals surface area contributed by atoms with Crippen molar-refractivity contribution in [3.63, 3.8) is 0 Å². The van der Waals surface area contributed by atoms with E-state index in [0.29, 0.717) is 13.2 Å². The highest BCUT2D eigenvalue weighted by molar-refractivity contribution is 7.90. The summed E-state index contributed by atoms with van der Waals surface area (Å²) in [5, 5.41) is 0. The summed E-state index contributed by atoms with van der Waals surface area (Å²) in [6, 6.07) is 5.74. The Morgan fingerprint density at radius 1 is 1.26 bits per heavy atom. The van der Waals surface area contributed by atoms with Gasteiger partial charge in [-0.25, -0.2) is 0 Å². The van der Waals surface area contributed by atoms with Gasteiger partial charge in [0.15, 0.2) is 11.5 Å². The second kappa shape index (κ2) is 5.61. The zero-order valence-corrected chi connectivity index (χ0v) is 12.7. The van der Waals surface area contributed by atoms with Crippen molar-refractivity contribution in [2.45, 2.75) is 38.5 Å². The highest BCUT2D eigenvalue weighted by Crippen LogP contribution is 2.37. The molecular formula is C14H21NO3S. The topological polar surface area (TPSA) is 53.5 Å². The largest absolute Gasteiger partial charge is 0.598 e. The number of nitrogens with one attached hydrogen (secondary N) is 1. The summed E-state index contributed by atoms with van der Waals surface area (Å²) in [7, 11) is 0. The number of hydrogen-bond acceptors (Lipinski definition) is 4. The Kier molecular flexibility index (Phi) is 4.28. The van der Waals surface area contributed by atoms with Crippen molar-refractivity contribution in [1.29, 1.82) is 0 Å². The van der Waals surface area contributed by atoms with Gasteiger partial charge in [-0.15, -0.1) is 4.72 Å². The van der Waals surface area contributed by atoms with Gasteiger partial charge in [-0.05, 0) is 33.8 Å². The van der Waals surface area contributed by atoms with Crippen LogP contribution in [0.25, 0.3) is 0 Å². The third-order valence-corrected chi connectivity index (χ3v) is 4.58. The average molecular weight is 283 g/mol. The van der Waals surface area contributed by atoms with E-state index in [-0.39, 0.29) is 10.8 Å². The van der Waals surface area contributed by atoms with Gasteiger partial charge in [-0.3, -0.25) is 0 Å². The molecule has 0 aromatic heterocycles. The Hall–Kier alpha value is -0.910. The van der Waals surface area contributed by atoms with E-state index in [1.807, 2.05) is 45.9 Å². The van der Waals surface area contributed by atoms with Crippen LogP contribution in [0.2, 0.25) is 0 Å². The molecule has 0 fully saturated rings. The first-order valence-electron chi connectivity index (χ1n) is 6.46. The molecule has 5 heteroatoms. The third-order valence-electron chi connectivity index (χ3n) is 2.90. The second-order valence-corrected chi connectivity index (χ2v) is 7.59. The van der Waals surface area contributed by atoms with Crippen LogP contribution in [0.1, 0.15) is 39.3 Å². The van der Waals surface area contributed by atoms with E-state index in [9.17, 15) is 4.55 Å². The van der Waals surface area contributed by atoms with E-state index < -0.39 is 11.4 Å². The average Bonchev–Trinajstić information content (AvgIpc) is 2.36. The Morgan fingerprint density at radius 3 is 2.63 bits per heavy atom. The third kappa shape index (κ3) is 3.35. The van der Waals surface area contributed by atoms with Crippen LogP contribution in [-0.2, 0) is 11.4 Å². The van der Waals surface area contributed by atoms with Crippen LogP contribution in [0.4, 0.5) is 0 Å². The normalized spacial score (nSPS) is 17.9. The molecule has 0 bridgehead atoms. The zero-order valence-electron chi connectivity index (χ0n) is 11.9. The van der Waals surface area contributed by atoms with Gasteiger partial charge in [0.05, 0.1) is 6.04 Å². The Balaban J connectivity index is 2.18. The molecule has 0 radical (unpaired) electrons. The molecule has 4 nitrogen and oxygen atoms in total. The predicted molar refractivity (Wildman–Crippen MR) is 76.9 cm³/mol. The van der Waals surface area contributed by atoms with E-state index in [1.54, 1.807) is 0 Å². The number of hydrogen-bond donors (Lipinski definition) is 1. The molecule has 2 rings (SSSR count). The fourth-order valence-electron chi connectivity index (χ4n) is 1.84. The summed E-state index contributed by atoms with van der Waals surface area (Å²) in [5.41, 5.74) is 0.981. The maximum Gasteiger partial charge on any atom is 0.166 e. The Labute approximate surface area is 117 Å². The number of rotatable bonds is 3. The molecule has 1 aromatic carbocycles.